The molecule has 0 N–H and O–H groups in total. The van der Waals surface area contributed by atoms with Crippen molar-refractivity contribution in [2.75, 3.05) is 18.1 Å². The molecule has 0 saturated carbocycles. The number of rotatable bonds is 6. The largest absolute Gasteiger partial charge is 0.494 e. The van der Waals surface area contributed by atoms with Gasteiger partial charge in [0.25, 0.3) is 0 Å². The molecule has 1 aromatic heterocycles. The molecule has 0 fully saturated rings. The van der Waals surface area contributed by atoms with Crippen LogP contribution in [0.4, 0.5) is 11.6 Å². The van der Waals surface area contributed by atoms with E-state index in [4.69, 9.17) is 4.74 Å². The molecular weight excluding hydrogens is 344 g/mol. The fourth-order valence-electron chi connectivity index (χ4n) is 3.13. The number of nitrogens with zero attached hydrogens (tertiary/aromatic N) is 4. The number of hydrogen-bond donors (Lipinski definition) is 0. The van der Waals surface area contributed by atoms with Crippen LogP contribution >= 0.6 is 11.8 Å². The van der Waals surface area contributed by atoms with Gasteiger partial charge in [-0.2, -0.15) is 0 Å². The molecule has 0 unspecified atom stereocenters. The van der Waals surface area contributed by atoms with Gasteiger partial charge in [0.15, 0.2) is 5.16 Å². The number of benzene rings is 2. The molecule has 0 spiro atoms. The van der Waals surface area contributed by atoms with Crippen LogP contribution in [0, 0.1) is 6.92 Å². The zero-order valence-corrected chi connectivity index (χ0v) is 15.9. The highest BCUT2D eigenvalue weighted by molar-refractivity contribution is 7.98. The molecule has 1 aliphatic heterocycles. The Morgan fingerprint density at radius 2 is 1.85 bits per heavy atom. The summed E-state index contributed by atoms with van der Waals surface area (Å²) in [5, 5.41) is 9.83. The number of ether oxygens (including phenoxy) is 1. The lowest BCUT2D eigenvalue weighted by Crippen LogP contribution is -2.14. The van der Waals surface area contributed by atoms with Crippen molar-refractivity contribution in [2.24, 2.45) is 0 Å². The van der Waals surface area contributed by atoms with Gasteiger partial charge >= 0.3 is 0 Å². The minimum absolute atomic E-state index is 0.679. The molecule has 0 radical (unpaired) electrons. The third-order valence-electron chi connectivity index (χ3n) is 4.56. The Balaban J connectivity index is 1.49. The van der Waals surface area contributed by atoms with Gasteiger partial charge in [0, 0.05) is 24.5 Å². The summed E-state index contributed by atoms with van der Waals surface area (Å²) in [6, 6.07) is 16.7. The summed E-state index contributed by atoms with van der Waals surface area (Å²) >= 11 is 1.75. The minimum Gasteiger partial charge on any atom is -0.494 e. The summed E-state index contributed by atoms with van der Waals surface area (Å²) in [5.41, 5.74) is 3.78. The van der Waals surface area contributed by atoms with Crippen molar-refractivity contribution in [2.45, 2.75) is 31.3 Å². The first-order valence-corrected chi connectivity index (χ1v) is 9.85. The van der Waals surface area contributed by atoms with Gasteiger partial charge in [-0.25, -0.2) is 0 Å². The topological polar surface area (TPSA) is 43.2 Å². The summed E-state index contributed by atoms with van der Waals surface area (Å²) in [7, 11) is 0. The molecule has 3 aromatic rings. The first-order valence-electron chi connectivity index (χ1n) is 8.87. The Labute approximate surface area is 158 Å². The monoisotopic (exact) mass is 366 g/mol. The SMILES string of the molecule is CCOc1ccc(N2CCn3c(SCc4ccccc4C)nnc32)cc1. The Kier molecular flexibility index (Phi) is 4.84. The Morgan fingerprint density at radius 1 is 1.04 bits per heavy atom. The Bertz CT molecular complexity index is 891. The summed E-state index contributed by atoms with van der Waals surface area (Å²) in [4.78, 5) is 2.21. The van der Waals surface area contributed by atoms with Gasteiger partial charge in [0.2, 0.25) is 5.95 Å². The third kappa shape index (κ3) is 3.29. The number of aryl methyl sites for hydroxylation is 1. The van der Waals surface area contributed by atoms with Crippen molar-refractivity contribution in [1.29, 1.82) is 0 Å². The minimum atomic E-state index is 0.679. The average molecular weight is 366 g/mol. The molecule has 2 aromatic carbocycles. The van der Waals surface area contributed by atoms with Gasteiger partial charge in [-0.15, -0.1) is 10.2 Å². The molecule has 26 heavy (non-hydrogen) atoms. The van der Waals surface area contributed by atoms with E-state index < -0.39 is 0 Å². The van der Waals surface area contributed by atoms with E-state index in [1.54, 1.807) is 11.8 Å². The van der Waals surface area contributed by atoms with Crippen molar-refractivity contribution >= 4 is 23.4 Å². The lowest BCUT2D eigenvalue weighted by Gasteiger charge is -2.15. The normalized spacial score (nSPS) is 13.1. The zero-order chi connectivity index (χ0) is 17.9. The standard InChI is InChI=1S/C20H22N4OS/c1-3-25-18-10-8-17(9-11-18)23-12-13-24-19(23)21-22-20(24)26-14-16-7-5-4-6-15(16)2/h4-11H,3,12-14H2,1-2H3. The third-order valence-corrected chi connectivity index (χ3v) is 5.58. The van der Waals surface area contributed by atoms with Crippen molar-refractivity contribution in [3.63, 3.8) is 0 Å². The second-order valence-electron chi connectivity index (χ2n) is 6.23. The van der Waals surface area contributed by atoms with E-state index in [1.807, 2.05) is 19.1 Å². The summed E-state index contributed by atoms with van der Waals surface area (Å²) in [6.45, 7) is 6.64. The van der Waals surface area contributed by atoms with E-state index in [0.29, 0.717) is 6.61 Å². The summed E-state index contributed by atoms with van der Waals surface area (Å²) in [6.07, 6.45) is 0. The Hall–Kier alpha value is -2.47. The molecule has 0 aliphatic carbocycles. The maximum atomic E-state index is 5.53. The highest BCUT2D eigenvalue weighted by Gasteiger charge is 2.26. The van der Waals surface area contributed by atoms with Gasteiger partial charge in [-0.1, -0.05) is 36.0 Å². The lowest BCUT2D eigenvalue weighted by molar-refractivity contribution is 0.340. The van der Waals surface area contributed by atoms with E-state index >= 15 is 0 Å². The molecule has 6 heteroatoms. The number of fused-ring (bicyclic) bond motifs is 1. The van der Waals surface area contributed by atoms with E-state index in [0.717, 1.165) is 41.4 Å². The van der Waals surface area contributed by atoms with Gasteiger partial charge < -0.3 is 9.64 Å². The molecule has 0 atom stereocenters. The van der Waals surface area contributed by atoms with Crippen molar-refractivity contribution < 1.29 is 4.74 Å². The first-order chi connectivity index (χ1) is 12.8. The Morgan fingerprint density at radius 3 is 2.62 bits per heavy atom. The molecule has 134 valence electrons. The molecule has 0 bridgehead atoms. The maximum Gasteiger partial charge on any atom is 0.232 e. The molecule has 0 amide bonds. The predicted molar refractivity (Wildman–Crippen MR) is 105 cm³/mol. The number of hydrogen-bond acceptors (Lipinski definition) is 5. The van der Waals surface area contributed by atoms with Crippen LogP contribution in [-0.4, -0.2) is 27.9 Å². The molecule has 4 rings (SSSR count). The van der Waals surface area contributed by atoms with Crippen LogP contribution < -0.4 is 9.64 Å². The molecule has 2 heterocycles. The fraction of sp³-hybridized carbons (Fsp3) is 0.300. The van der Waals surface area contributed by atoms with Crippen molar-refractivity contribution in [3.05, 3.63) is 59.7 Å². The van der Waals surface area contributed by atoms with E-state index in [1.165, 1.54) is 11.1 Å². The first kappa shape index (κ1) is 17.0. The van der Waals surface area contributed by atoms with Crippen molar-refractivity contribution in [1.82, 2.24) is 14.8 Å². The quantitative estimate of drug-likeness (QED) is 0.604. The van der Waals surface area contributed by atoms with Gasteiger partial charge in [0.1, 0.15) is 5.75 Å². The maximum absolute atomic E-state index is 5.53. The van der Waals surface area contributed by atoms with Gasteiger partial charge in [0.05, 0.1) is 6.61 Å². The van der Waals surface area contributed by atoms with Crippen LogP contribution in [-0.2, 0) is 12.3 Å². The predicted octanol–water partition coefficient (Wildman–Crippen LogP) is 4.43. The number of thioether (sulfide) groups is 1. The lowest BCUT2D eigenvalue weighted by atomic mass is 10.1. The van der Waals surface area contributed by atoms with Crippen LogP contribution in [0.2, 0.25) is 0 Å². The highest BCUT2D eigenvalue weighted by atomic mass is 32.2. The van der Waals surface area contributed by atoms with Crippen LogP contribution in [0.3, 0.4) is 0 Å². The molecule has 5 nitrogen and oxygen atoms in total. The molecule has 0 saturated heterocycles. The summed E-state index contributed by atoms with van der Waals surface area (Å²) in [5.74, 6) is 2.72. The van der Waals surface area contributed by atoms with Crippen LogP contribution in [0.1, 0.15) is 18.1 Å². The molecule has 1 aliphatic rings. The molecular formula is C20H22N4OS. The van der Waals surface area contributed by atoms with Crippen molar-refractivity contribution in [3.8, 4) is 5.75 Å². The fourth-order valence-corrected chi connectivity index (χ4v) is 4.17. The van der Waals surface area contributed by atoms with Gasteiger partial charge in [-0.05, 0) is 49.2 Å². The smallest absolute Gasteiger partial charge is 0.232 e. The average Bonchev–Trinajstić information content (AvgIpc) is 3.25. The van der Waals surface area contributed by atoms with E-state index in [-0.39, 0.29) is 0 Å². The summed E-state index contributed by atoms with van der Waals surface area (Å²) < 4.78 is 7.73. The van der Waals surface area contributed by atoms with E-state index in [9.17, 15) is 0 Å². The van der Waals surface area contributed by atoms with Crippen LogP contribution in [0.15, 0.2) is 53.7 Å². The number of aromatic nitrogens is 3. The van der Waals surface area contributed by atoms with Crippen LogP contribution in [0.5, 0.6) is 5.75 Å². The van der Waals surface area contributed by atoms with E-state index in [2.05, 4.69) is 63.0 Å². The second kappa shape index (κ2) is 7.41. The number of anilines is 2. The van der Waals surface area contributed by atoms with Gasteiger partial charge in [-0.3, -0.25) is 4.57 Å². The van der Waals surface area contributed by atoms with Crippen LogP contribution in [0.25, 0.3) is 0 Å². The zero-order valence-electron chi connectivity index (χ0n) is 15.1. The highest BCUT2D eigenvalue weighted by Crippen LogP contribution is 2.33. The second-order valence-corrected chi connectivity index (χ2v) is 7.17.